The fourth-order valence-corrected chi connectivity index (χ4v) is 12.1. The average Bonchev–Trinajstić information content (AvgIpc) is 3.65. The molecular weight excluding hydrogens is 794 g/mol. The number of pyridine rings is 1. The maximum absolute atomic E-state index is 15.5. The minimum atomic E-state index is -2.02. The third-order valence-electron chi connectivity index (χ3n) is 9.76. The SMILES string of the molecule is CCOC(=O)[C@@H]1C(c2ccc3ccccc3n2)[C@@H](C(=O)OCC)[C@]2(SC(=S)N(Cc3ccc(Cl)cc3)C2=O)[C@]12SC(=S)N(Cc1ccc(Cl)cc1)C2=O. The van der Waals surface area contributed by atoms with E-state index in [1.807, 2.05) is 30.3 Å². The minimum Gasteiger partial charge on any atom is -0.466 e. The Hall–Kier alpha value is -3.59. The minimum absolute atomic E-state index is 0.0238. The zero-order valence-corrected chi connectivity index (χ0v) is 33.1. The summed E-state index contributed by atoms with van der Waals surface area (Å²) in [6, 6.07) is 24.8. The number of carbonyl (C=O) groups is 4. The highest BCUT2D eigenvalue weighted by atomic mass is 35.5. The molecule has 0 radical (unpaired) electrons. The molecule has 272 valence electrons. The monoisotopic (exact) mass is 823 g/mol. The summed E-state index contributed by atoms with van der Waals surface area (Å²) in [5.74, 6) is -6.79. The van der Waals surface area contributed by atoms with Crippen LogP contribution in [-0.2, 0) is 41.7 Å². The molecule has 2 amide bonds. The highest BCUT2D eigenvalue weighted by molar-refractivity contribution is 8.28. The molecule has 3 aliphatic rings. The number of hydrogen-bond donors (Lipinski definition) is 0. The number of fused-ring (bicyclic) bond motifs is 2. The lowest BCUT2D eigenvalue weighted by Crippen LogP contribution is -2.63. The summed E-state index contributed by atoms with van der Waals surface area (Å²) in [5, 5.41) is 1.84. The van der Waals surface area contributed by atoms with E-state index in [0.717, 1.165) is 28.9 Å². The van der Waals surface area contributed by atoms with Gasteiger partial charge in [-0.05, 0) is 61.4 Å². The second-order valence-electron chi connectivity index (χ2n) is 12.7. The van der Waals surface area contributed by atoms with Crippen molar-refractivity contribution in [2.45, 2.75) is 42.3 Å². The Kier molecular flexibility index (Phi) is 10.6. The molecule has 53 heavy (non-hydrogen) atoms. The van der Waals surface area contributed by atoms with Crippen molar-refractivity contribution in [1.82, 2.24) is 14.8 Å². The van der Waals surface area contributed by atoms with Crippen LogP contribution in [0.2, 0.25) is 10.0 Å². The highest BCUT2D eigenvalue weighted by Gasteiger charge is 2.85. The van der Waals surface area contributed by atoms with E-state index in [9.17, 15) is 9.59 Å². The fourth-order valence-electron chi connectivity index (χ4n) is 7.58. The Morgan fingerprint density at radius 3 is 1.62 bits per heavy atom. The molecule has 0 N–H and O–H groups in total. The smallest absolute Gasteiger partial charge is 0.311 e. The number of amides is 2. The fraction of sp³-hybridized carbons (Fsp3) is 0.289. The standard InChI is InChI=1S/C38H31Cl2N3O6S4/c1-3-48-31(44)29-28(27-18-13-23-7-5-6-8-26(23)41-27)30(32(45)49-4-2)38(34(47)43(36(51)53-38)20-22-11-16-25(40)17-12-22)37(29)33(46)42(35(50)52-37)19-21-9-14-24(39)15-10-21/h5-18,28-30H,3-4,19-20H2,1-2H3/t28?,29-,30-,37-,38+/m0/s1. The first-order valence-corrected chi connectivity index (χ1v) is 19.9. The Morgan fingerprint density at radius 2 is 1.17 bits per heavy atom. The topological polar surface area (TPSA) is 106 Å². The lowest BCUT2D eigenvalue weighted by molar-refractivity contribution is -0.152. The first kappa shape index (κ1) is 37.7. The number of rotatable bonds is 9. The number of para-hydroxylation sites is 1. The second kappa shape index (κ2) is 14.9. The maximum atomic E-state index is 15.5. The number of thioether (sulfide) groups is 2. The Bertz CT molecular complexity index is 2060. The van der Waals surface area contributed by atoms with E-state index in [0.29, 0.717) is 32.4 Å². The lowest BCUT2D eigenvalue weighted by Gasteiger charge is -2.39. The molecule has 2 spiro atoms. The van der Waals surface area contributed by atoms with Crippen molar-refractivity contribution in [3.63, 3.8) is 0 Å². The predicted molar refractivity (Wildman–Crippen MR) is 215 cm³/mol. The molecule has 1 unspecified atom stereocenters. The van der Waals surface area contributed by atoms with Gasteiger partial charge in [-0.15, -0.1) is 0 Å². The van der Waals surface area contributed by atoms with Crippen molar-refractivity contribution in [2.24, 2.45) is 11.8 Å². The van der Waals surface area contributed by atoms with Crippen LogP contribution in [0, 0.1) is 11.8 Å². The van der Waals surface area contributed by atoms with Crippen LogP contribution in [0.1, 0.15) is 36.6 Å². The summed E-state index contributed by atoms with van der Waals surface area (Å²) >= 11 is 26.1. The maximum Gasteiger partial charge on any atom is 0.311 e. The Morgan fingerprint density at radius 1 is 0.717 bits per heavy atom. The molecule has 1 aromatic heterocycles. The molecule has 15 heteroatoms. The Labute approximate surface area is 335 Å². The molecule has 0 bridgehead atoms. The zero-order chi connectivity index (χ0) is 37.7. The predicted octanol–water partition coefficient (Wildman–Crippen LogP) is 7.60. The van der Waals surface area contributed by atoms with Crippen LogP contribution in [0.5, 0.6) is 0 Å². The number of carbonyl (C=O) groups excluding carboxylic acids is 4. The van der Waals surface area contributed by atoms with Gasteiger partial charge in [0.05, 0.1) is 43.7 Å². The van der Waals surface area contributed by atoms with Crippen LogP contribution in [0.3, 0.4) is 0 Å². The molecule has 2 saturated heterocycles. The third-order valence-corrected chi connectivity index (χ3v) is 14.3. The van der Waals surface area contributed by atoms with Gasteiger partial charge in [-0.1, -0.05) is 120 Å². The lowest BCUT2D eigenvalue weighted by atomic mass is 9.82. The normalized spacial score (nSPS) is 25.3. The summed E-state index contributed by atoms with van der Waals surface area (Å²) < 4.78 is 7.72. The van der Waals surface area contributed by atoms with E-state index in [4.69, 9.17) is 62.1 Å². The molecule has 3 fully saturated rings. The van der Waals surface area contributed by atoms with Gasteiger partial charge in [-0.3, -0.25) is 34.0 Å². The van der Waals surface area contributed by atoms with Crippen LogP contribution >= 0.6 is 71.2 Å². The molecule has 5 atom stereocenters. The number of esters is 2. The van der Waals surface area contributed by atoms with E-state index in [-0.39, 0.29) is 34.9 Å². The first-order valence-electron chi connectivity index (χ1n) is 16.7. The molecule has 2 aliphatic heterocycles. The summed E-state index contributed by atoms with van der Waals surface area (Å²) in [6.45, 7) is 3.30. The van der Waals surface area contributed by atoms with Gasteiger partial charge in [-0.2, -0.15) is 0 Å². The third kappa shape index (κ3) is 6.23. The van der Waals surface area contributed by atoms with Crippen molar-refractivity contribution >= 4 is 114 Å². The van der Waals surface area contributed by atoms with E-state index in [1.54, 1.807) is 68.4 Å². The number of hydrogen-bond acceptors (Lipinski definition) is 11. The van der Waals surface area contributed by atoms with Gasteiger partial charge in [-0.25, -0.2) is 0 Å². The summed E-state index contributed by atoms with van der Waals surface area (Å²) in [5.41, 5.74) is 2.34. The van der Waals surface area contributed by atoms with Gasteiger partial charge < -0.3 is 9.47 Å². The van der Waals surface area contributed by atoms with E-state index in [1.165, 1.54) is 9.80 Å². The van der Waals surface area contributed by atoms with Crippen molar-refractivity contribution < 1.29 is 28.7 Å². The van der Waals surface area contributed by atoms with Gasteiger partial charge >= 0.3 is 11.9 Å². The van der Waals surface area contributed by atoms with Crippen LogP contribution in [0.15, 0.2) is 84.9 Å². The summed E-state index contributed by atoms with van der Waals surface area (Å²) in [7, 11) is 0. The van der Waals surface area contributed by atoms with E-state index < -0.39 is 51.0 Å². The zero-order valence-electron chi connectivity index (χ0n) is 28.3. The van der Waals surface area contributed by atoms with Crippen LogP contribution in [0.4, 0.5) is 0 Å². The number of ether oxygens (including phenoxy) is 2. The summed E-state index contributed by atoms with van der Waals surface area (Å²) in [6.07, 6.45) is 0. The quantitative estimate of drug-likeness (QED) is 0.123. The molecular formula is C38H31Cl2N3O6S4. The van der Waals surface area contributed by atoms with Gasteiger partial charge in [0.15, 0.2) is 0 Å². The molecule has 3 aromatic carbocycles. The molecule has 9 nitrogen and oxygen atoms in total. The number of thiocarbonyl (C=S) groups is 2. The molecule has 7 rings (SSSR count). The molecule has 1 aliphatic carbocycles. The summed E-state index contributed by atoms with van der Waals surface area (Å²) in [4.78, 5) is 68.1. The molecule has 1 saturated carbocycles. The number of nitrogens with zero attached hydrogens (tertiary/aromatic N) is 3. The second-order valence-corrected chi connectivity index (χ2v) is 17.3. The van der Waals surface area contributed by atoms with Crippen LogP contribution in [-0.4, -0.2) is 69.9 Å². The van der Waals surface area contributed by atoms with Gasteiger partial charge in [0.25, 0.3) is 0 Å². The van der Waals surface area contributed by atoms with Gasteiger partial charge in [0, 0.05) is 27.0 Å². The van der Waals surface area contributed by atoms with Crippen LogP contribution in [0.25, 0.3) is 10.9 Å². The van der Waals surface area contributed by atoms with E-state index >= 15 is 9.59 Å². The largest absolute Gasteiger partial charge is 0.466 e. The van der Waals surface area contributed by atoms with E-state index in [2.05, 4.69) is 0 Å². The van der Waals surface area contributed by atoms with Crippen LogP contribution < -0.4 is 0 Å². The van der Waals surface area contributed by atoms with Gasteiger partial charge in [0.1, 0.15) is 18.1 Å². The number of halogens is 2. The first-order chi connectivity index (χ1) is 25.5. The molecule has 3 heterocycles. The van der Waals surface area contributed by atoms with Gasteiger partial charge in [0.2, 0.25) is 11.8 Å². The van der Waals surface area contributed by atoms with Crippen molar-refractivity contribution in [3.05, 3.63) is 112 Å². The molecule has 4 aromatic rings. The van der Waals surface area contributed by atoms with Crippen molar-refractivity contribution in [2.75, 3.05) is 13.2 Å². The number of benzene rings is 3. The number of aromatic nitrogens is 1. The average molecular weight is 825 g/mol. The van der Waals surface area contributed by atoms with Crippen molar-refractivity contribution in [3.8, 4) is 0 Å². The van der Waals surface area contributed by atoms with Crippen molar-refractivity contribution in [1.29, 1.82) is 0 Å². The Balaban J connectivity index is 1.49. The highest BCUT2D eigenvalue weighted by Crippen LogP contribution is 2.71.